The number of rotatable bonds is 2. The zero-order valence-corrected chi connectivity index (χ0v) is 5.53. The van der Waals surface area contributed by atoms with E-state index in [0.717, 1.165) is 0 Å². The Morgan fingerprint density at radius 3 is 1.60 bits per heavy atom. The summed E-state index contributed by atoms with van der Waals surface area (Å²) in [6.45, 7) is 0. The summed E-state index contributed by atoms with van der Waals surface area (Å²) < 4.78 is 57.2. The molecule has 0 aliphatic rings. The second-order valence-electron chi connectivity index (χ2n) is 1.55. The van der Waals surface area contributed by atoms with Crippen LogP contribution in [-0.2, 0) is 0 Å². The highest BCUT2D eigenvalue weighted by molar-refractivity contribution is 8.00. The van der Waals surface area contributed by atoms with E-state index in [-0.39, 0.29) is 11.8 Å². The van der Waals surface area contributed by atoms with Crippen LogP contribution in [0, 0.1) is 6.26 Å². The zero-order chi connectivity index (χ0) is 8.41. The summed E-state index contributed by atoms with van der Waals surface area (Å²) in [5.74, 6) is -5.93. The number of thioether (sulfide) groups is 1. The number of alkyl halides is 5. The normalized spacial score (nSPS) is 13.8. The van der Waals surface area contributed by atoms with Crippen molar-refractivity contribution < 1.29 is 22.0 Å². The molecule has 10 heavy (non-hydrogen) atoms. The van der Waals surface area contributed by atoms with E-state index in [1.807, 2.05) is 0 Å². The molecule has 0 aromatic carbocycles. The average molecular weight is 179 g/mol. The average Bonchev–Trinajstić information content (AvgIpc) is 1.61. The predicted molar refractivity (Wildman–Crippen MR) is 28.8 cm³/mol. The van der Waals surface area contributed by atoms with Gasteiger partial charge in [-0.25, -0.2) is 0 Å². The van der Waals surface area contributed by atoms with Crippen molar-refractivity contribution in [3.8, 4) is 0 Å². The smallest absolute Gasteiger partial charge is 0.195 e. The van der Waals surface area contributed by atoms with Gasteiger partial charge in [0.1, 0.15) is 0 Å². The minimum atomic E-state index is -5.45. The van der Waals surface area contributed by atoms with Crippen LogP contribution in [0.4, 0.5) is 22.0 Å². The van der Waals surface area contributed by atoms with Crippen LogP contribution in [0.2, 0.25) is 0 Å². The van der Waals surface area contributed by atoms with Crippen LogP contribution in [-0.4, -0.2) is 17.9 Å². The van der Waals surface area contributed by atoms with Gasteiger partial charge in [-0.3, -0.25) is 0 Å². The lowest BCUT2D eigenvalue weighted by Gasteiger charge is -2.17. The lowest BCUT2D eigenvalue weighted by atomic mass is 10.4. The number of hydrogen-bond acceptors (Lipinski definition) is 1. The van der Waals surface area contributed by atoms with Gasteiger partial charge in [-0.1, -0.05) is 0 Å². The van der Waals surface area contributed by atoms with Crippen molar-refractivity contribution in [2.45, 2.75) is 12.1 Å². The standard InChI is InChI=1S/C4H4F5S/c1-10-2-3(5,6)4(7,8)9/h1-2H2. The third-order valence-corrected chi connectivity index (χ3v) is 1.26. The molecule has 0 aliphatic heterocycles. The van der Waals surface area contributed by atoms with Crippen LogP contribution < -0.4 is 0 Å². The molecule has 0 saturated carbocycles. The fourth-order valence-electron chi connectivity index (χ4n) is 0.210. The van der Waals surface area contributed by atoms with Crippen LogP contribution in [0.25, 0.3) is 0 Å². The molecule has 0 atom stereocenters. The summed E-state index contributed by atoms with van der Waals surface area (Å²) in [7, 11) is 0. The maximum Gasteiger partial charge on any atom is 0.454 e. The van der Waals surface area contributed by atoms with Crippen LogP contribution >= 0.6 is 11.8 Å². The summed E-state index contributed by atoms with van der Waals surface area (Å²) in [5.41, 5.74) is 0. The van der Waals surface area contributed by atoms with Gasteiger partial charge in [-0.15, -0.1) is 0 Å². The highest BCUT2D eigenvalue weighted by Crippen LogP contribution is 2.37. The van der Waals surface area contributed by atoms with Crippen molar-refractivity contribution in [1.82, 2.24) is 0 Å². The summed E-state index contributed by atoms with van der Waals surface area (Å²) in [6, 6.07) is 0. The van der Waals surface area contributed by atoms with Gasteiger partial charge in [0, 0.05) is 6.26 Å². The third-order valence-electron chi connectivity index (χ3n) is 0.698. The first-order chi connectivity index (χ1) is 4.31. The highest BCUT2D eigenvalue weighted by Gasteiger charge is 2.56. The van der Waals surface area contributed by atoms with Crippen molar-refractivity contribution in [2.75, 3.05) is 5.75 Å². The molecule has 0 aromatic heterocycles. The molecule has 0 spiro atoms. The van der Waals surface area contributed by atoms with Gasteiger partial charge in [0.2, 0.25) is 0 Å². The van der Waals surface area contributed by atoms with Crippen molar-refractivity contribution in [3.05, 3.63) is 6.26 Å². The van der Waals surface area contributed by atoms with Gasteiger partial charge in [0.15, 0.2) is 0 Å². The molecule has 6 heteroatoms. The lowest BCUT2D eigenvalue weighted by Crippen LogP contribution is -2.38. The van der Waals surface area contributed by atoms with Crippen molar-refractivity contribution in [3.63, 3.8) is 0 Å². The summed E-state index contributed by atoms with van der Waals surface area (Å²) >= 11 is 0.215. The van der Waals surface area contributed by atoms with E-state index >= 15 is 0 Å². The van der Waals surface area contributed by atoms with Gasteiger partial charge >= 0.3 is 12.1 Å². The van der Waals surface area contributed by atoms with E-state index in [4.69, 9.17) is 0 Å². The van der Waals surface area contributed by atoms with Gasteiger partial charge in [-0.2, -0.15) is 33.7 Å². The summed E-state index contributed by atoms with van der Waals surface area (Å²) in [4.78, 5) is 0. The van der Waals surface area contributed by atoms with E-state index in [2.05, 4.69) is 6.26 Å². The van der Waals surface area contributed by atoms with Crippen molar-refractivity contribution in [2.24, 2.45) is 0 Å². The Kier molecular flexibility index (Phi) is 2.94. The van der Waals surface area contributed by atoms with Crippen LogP contribution in [0.5, 0.6) is 0 Å². The SMILES string of the molecule is [CH2]SCC(F)(F)C(F)(F)F. The third kappa shape index (κ3) is 2.32. The van der Waals surface area contributed by atoms with E-state index < -0.39 is 17.9 Å². The Hall–Kier alpha value is -0.0000000000000000555. The largest absolute Gasteiger partial charge is 0.454 e. The van der Waals surface area contributed by atoms with Crippen LogP contribution in [0.15, 0.2) is 0 Å². The maximum atomic E-state index is 11.7. The van der Waals surface area contributed by atoms with E-state index in [0.29, 0.717) is 0 Å². The molecule has 0 amide bonds. The fourth-order valence-corrected chi connectivity index (χ4v) is 0.630. The molecule has 0 N–H and O–H groups in total. The minimum absolute atomic E-state index is 0.215. The molecule has 0 unspecified atom stereocenters. The second-order valence-corrected chi connectivity index (χ2v) is 2.25. The quantitative estimate of drug-likeness (QED) is 0.587. The molecule has 0 bridgehead atoms. The predicted octanol–water partition coefficient (Wildman–Crippen LogP) is 2.71. The van der Waals surface area contributed by atoms with Crippen molar-refractivity contribution in [1.29, 1.82) is 0 Å². The molecule has 0 heterocycles. The Balaban J connectivity index is 4.10. The Bertz CT molecular complexity index is 107. The molecule has 0 fully saturated rings. The first-order valence-electron chi connectivity index (χ1n) is 2.13. The molecule has 61 valence electrons. The molecule has 0 rings (SSSR count). The summed E-state index contributed by atoms with van der Waals surface area (Å²) in [6.07, 6.45) is -2.63. The summed E-state index contributed by atoms with van der Waals surface area (Å²) in [5, 5.41) is 0. The zero-order valence-electron chi connectivity index (χ0n) is 4.71. The molecule has 0 aliphatic carbocycles. The van der Waals surface area contributed by atoms with Crippen LogP contribution in [0.3, 0.4) is 0 Å². The van der Waals surface area contributed by atoms with Gasteiger partial charge in [0.25, 0.3) is 0 Å². The second kappa shape index (κ2) is 2.94. The highest BCUT2D eigenvalue weighted by atomic mass is 32.2. The molecular formula is C4H4F5S. The molecule has 1 radical (unpaired) electrons. The van der Waals surface area contributed by atoms with E-state index in [1.165, 1.54) is 0 Å². The Morgan fingerprint density at radius 2 is 1.50 bits per heavy atom. The lowest BCUT2D eigenvalue weighted by molar-refractivity contribution is -0.271. The molecule has 0 aromatic rings. The molecule has 0 saturated heterocycles. The first-order valence-corrected chi connectivity index (χ1v) is 3.28. The molecular weight excluding hydrogens is 175 g/mol. The van der Waals surface area contributed by atoms with Gasteiger partial charge < -0.3 is 0 Å². The number of hydrogen-bond donors (Lipinski definition) is 0. The maximum absolute atomic E-state index is 11.7. The van der Waals surface area contributed by atoms with Crippen LogP contribution in [0.1, 0.15) is 0 Å². The monoisotopic (exact) mass is 179 g/mol. The van der Waals surface area contributed by atoms with Gasteiger partial charge in [-0.05, 0) is 0 Å². The van der Waals surface area contributed by atoms with E-state index in [9.17, 15) is 22.0 Å². The first kappa shape index (κ1) is 10.0. The Labute approximate surface area is 58.8 Å². The van der Waals surface area contributed by atoms with E-state index in [1.54, 1.807) is 0 Å². The molecule has 0 nitrogen and oxygen atoms in total. The van der Waals surface area contributed by atoms with Crippen molar-refractivity contribution >= 4 is 11.8 Å². The topological polar surface area (TPSA) is 0 Å². The number of halogens is 5. The van der Waals surface area contributed by atoms with Gasteiger partial charge in [0.05, 0.1) is 5.75 Å². The minimum Gasteiger partial charge on any atom is -0.195 e. The Morgan fingerprint density at radius 1 is 1.10 bits per heavy atom. The fraction of sp³-hybridized carbons (Fsp3) is 0.750.